The number of benzene rings is 2. The number of nitrogens with one attached hydrogen (secondary N) is 1. The second-order valence-electron chi connectivity index (χ2n) is 5.69. The molecule has 0 aliphatic carbocycles. The first-order valence-corrected chi connectivity index (χ1v) is 7.91. The molecule has 0 atom stereocenters. The lowest BCUT2D eigenvalue weighted by atomic mass is 10.1. The van der Waals surface area contributed by atoms with E-state index in [0.29, 0.717) is 36.0 Å². The van der Waals surface area contributed by atoms with Crippen molar-refractivity contribution in [2.24, 2.45) is 0 Å². The van der Waals surface area contributed by atoms with Crippen LogP contribution in [0.15, 0.2) is 42.5 Å². The van der Waals surface area contributed by atoms with Gasteiger partial charge in [0.2, 0.25) is 5.91 Å². The quantitative estimate of drug-likeness (QED) is 0.877. The minimum absolute atomic E-state index is 0.0333. The summed E-state index contributed by atoms with van der Waals surface area (Å²) >= 11 is 0. The van der Waals surface area contributed by atoms with Gasteiger partial charge in [-0.15, -0.1) is 0 Å². The molecule has 0 bridgehead atoms. The van der Waals surface area contributed by atoms with Gasteiger partial charge in [-0.25, -0.2) is 0 Å². The summed E-state index contributed by atoms with van der Waals surface area (Å²) in [6.45, 7) is 2.75. The van der Waals surface area contributed by atoms with Gasteiger partial charge in [0, 0.05) is 17.7 Å². The standard InChI is InChI=1S/C19H19NO4/c1-13(21)15-4-2-5-16(12-15)20-19(22)11-14-6-7-17-18(10-14)24-9-3-8-23-17/h2,4-7,10,12H,3,8-9,11H2,1H3,(H,20,22). The van der Waals surface area contributed by atoms with Gasteiger partial charge in [0.25, 0.3) is 0 Å². The molecule has 1 aliphatic rings. The fourth-order valence-corrected chi connectivity index (χ4v) is 2.52. The number of hydrogen-bond acceptors (Lipinski definition) is 4. The van der Waals surface area contributed by atoms with E-state index in [2.05, 4.69) is 5.32 Å². The van der Waals surface area contributed by atoms with E-state index in [1.54, 1.807) is 24.3 Å². The molecule has 0 saturated carbocycles. The van der Waals surface area contributed by atoms with Crippen LogP contribution in [0.3, 0.4) is 0 Å². The van der Waals surface area contributed by atoms with Crippen molar-refractivity contribution in [3.63, 3.8) is 0 Å². The summed E-state index contributed by atoms with van der Waals surface area (Å²) in [7, 11) is 0. The summed E-state index contributed by atoms with van der Waals surface area (Å²) in [4.78, 5) is 23.6. The Morgan fingerprint density at radius 2 is 1.83 bits per heavy atom. The van der Waals surface area contributed by atoms with E-state index in [4.69, 9.17) is 9.47 Å². The number of Topliss-reactive ketones (excluding diaryl/α,β-unsaturated/α-hetero) is 1. The Kier molecular flexibility index (Phi) is 4.79. The molecule has 0 fully saturated rings. The maximum Gasteiger partial charge on any atom is 0.228 e. The molecule has 24 heavy (non-hydrogen) atoms. The van der Waals surface area contributed by atoms with Gasteiger partial charge in [0.1, 0.15) is 0 Å². The third-order valence-corrected chi connectivity index (χ3v) is 3.73. The molecule has 5 heteroatoms. The molecule has 2 aromatic carbocycles. The van der Waals surface area contributed by atoms with E-state index in [9.17, 15) is 9.59 Å². The normalized spacial score (nSPS) is 13.0. The summed E-state index contributed by atoms with van der Waals surface area (Å²) in [5, 5.41) is 2.81. The second kappa shape index (κ2) is 7.17. The van der Waals surface area contributed by atoms with Crippen molar-refractivity contribution in [1.82, 2.24) is 0 Å². The summed E-state index contributed by atoms with van der Waals surface area (Å²) < 4.78 is 11.2. The van der Waals surface area contributed by atoms with Crippen molar-refractivity contribution in [2.75, 3.05) is 18.5 Å². The maximum absolute atomic E-state index is 12.2. The number of amides is 1. The van der Waals surface area contributed by atoms with Crippen LogP contribution in [0.5, 0.6) is 11.5 Å². The molecule has 3 rings (SSSR count). The van der Waals surface area contributed by atoms with Gasteiger partial charge in [0.15, 0.2) is 17.3 Å². The highest BCUT2D eigenvalue weighted by Gasteiger charge is 2.12. The molecule has 1 aliphatic heterocycles. The number of carbonyl (C=O) groups excluding carboxylic acids is 2. The van der Waals surface area contributed by atoms with Crippen molar-refractivity contribution < 1.29 is 19.1 Å². The lowest BCUT2D eigenvalue weighted by Crippen LogP contribution is -2.14. The van der Waals surface area contributed by atoms with E-state index in [-0.39, 0.29) is 18.1 Å². The highest BCUT2D eigenvalue weighted by atomic mass is 16.5. The summed E-state index contributed by atoms with van der Waals surface area (Å²) in [5.41, 5.74) is 2.03. The monoisotopic (exact) mass is 325 g/mol. The number of fused-ring (bicyclic) bond motifs is 1. The third-order valence-electron chi connectivity index (χ3n) is 3.73. The van der Waals surface area contributed by atoms with Gasteiger partial charge in [-0.2, -0.15) is 0 Å². The zero-order valence-corrected chi connectivity index (χ0v) is 13.5. The number of ketones is 1. The van der Waals surface area contributed by atoms with Crippen molar-refractivity contribution in [2.45, 2.75) is 19.8 Å². The van der Waals surface area contributed by atoms with Crippen molar-refractivity contribution in [3.8, 4) is 11.5 Å². The van der Waals surface area contributed by atoms with Crippen LogP contribution in [-0.4, -0.2) is 24.9 Å². The van der Waals surface area contributed by atoms with Crippen molar-refractivity contribution in [1.29, 1.82) is 0 Å². The fourth-order valence-electron chi connectivity index (χ4n) is 2.52. The molecule has 0 radical (unpaired) electrons. The van der Waals surface area contributed by atoms with Crippen LogP contribution in [-0.2, 0) is 11.2 Å². The molecule has 124 valence electrons. The molecule has 0 unspecified atom stereocenters. The van der Waals surface area contributed by atoms with E-state index in [1.807, 2.05) is 18.2 Å². The van der Waals surface area contributed by atoms with Crippen LogP contribution in [0.2, 0.25) is 0 Å². The van der Waals surface area contributed by atoms with E-state index in [1.165, 1.54) is 6.92 Å². The number of rotatable bonds is 4. The molecular weight excluding hydrogens is 306 g/mol. The molecule has 0 spiro atoms. The van der Waals surface area contributed by atoms with Crippen LogP contribution >= 0.6 is 0 Å². The van der Waals surface area contributed by atoms with E-state index >= 15 is 0 Å². The van der Waals surface area contributed by atoms with Crippen LogP contribution in [0.1, 0.15) is 29.3 Å². The van der Waals surface area contributed by atoms with Crippen LogP contribution in [0.4, 0.5) is 5.69 Å². The zero-order valence-electron chi connectivity index (χ0n) is 13.5. The van der Waals surface area contributed by atoms with Crippen LogP contribution < -0.4 is 14.8 Å². The molecule has 1 heterocycles. The maximum atomic E-state index is 12.2. The molecule has 5 nitrogen and oxygen atoms in total. The first kappa shape index (κ1) is 16.1. The molecule has 0 saturated heterocycles. The van der Waals surface area contributed by atoms with E-state index in [0.717, 1.165) is 12.0 Å². The molecular formula is C19H19NO4. The van der Waals surface area contributed by atoms with Gasteiger partial charge >= 0.3 is 0 Å². The van der Waals surface area contributed by atoms with Crippen molar-refractivity contribution in [3.05, 3.63) is 53.6 Å². The topological polar surface area (TPSA) is 64.6 Å². The number of hydrogen-bond donors (Lipinski definition) is 1. The van der Waals surface area contributed by atoms with Gasteiger partial charge in [0.05, 0.1) is 19.6 Å². The van der Waals surface area contributed by atoms with Gasteiger partial charge in [-0.05, 0) is 36.8 Å². The second-order valence-corrected chi connectivity index (χ2v) is 5.69. The SMILES string of the molecule is CC(=O)c1cccc(NC(=O)Cc2ccc3c(c2)OCCCO3)c1. The summed E-state index contributed by atoms with van der Waals surface area (Å²) in [6.07, 6.45) is 1.07. The predicted octanol–water partition coefficient (Wildman–Crippen LogP) is 3.23. The Bertz CT molecular complexity index is 770. The number of anilines is 1. The van der Waals surface area contributed by atoms with Crippen molar-refractivity contribution >= 4 is 17.4 Å². The highest BCUT2D eigenvalue weighted by molar-refractivity contribution is 5.97. The van der Waals surface area contributed by atoms with E-state index < -0.39 is 0 Å². The lowest BCUT2D eigenvalue weighted by molar-refractivity contribution is -0.115. The lowest BCUT2D eigenvalue weighted by Gasteiger charge is -2.10. The summed E-state index contributed by atoms with van der Waals surface area (Å²) in [5.74, 6) is 1.21. The van der Waals surface area contributed by atoms with Gasteiger partial charge in [-0.1, -0.05) is 18.2 Å². The minimum atomic E-state index is -0.148. The smallest absolute Gasteiger partial charge is 0.228 e. The third kappa shape index (κ3) is 3.93. The van der Waals surface area contributed by atoms with Gasteiger partial charge < -0.3 is 14.8 Å². The summed E-state index contributed by atoms with van der Waals surface area (Å²) in [6, 6.07) is 12.4. The molecule has 2 aromatic rings. The predicted molar refractivity (Wildman–Crippen MR) is 90.8 cm³/mol. The fraction of sp³-hybridized carbons (Fsp3) is 0.263. The Morgan fingerprint density at radius 1 is 1.04 bits per heavy atom. The van der Waals surface area contributed by atoms with Gasteiger partial charge in [-0.3, -0.25) is 9.59 Å². The zero-order chi connectivity index (χ0) is 16.9. The largest absolute Gasteiger partial charge is 0.490 e. The average molecular weight is 325 g/mol. The first-order valence-electron chi connectivity index (χ1n) is 7.91. The highest BCUT2D eigenvalue weighted by Crippen LogP contribution is 2.30. The molecule has 1 N–H and O–H groups in total. The average Bonchev–Trinajstić information content (AvgIpc) is 2.79. The Balaban J connectivity index is 1.68. The Labute approximate surface area is 140 Å². The molecule has 0 aromatic heterocycles. The number of ether oxygens (including phenoxy) is 2. The first-order chi connectivity index (χ1) is 11.6. The Morgan fingerprint density at radius 3 is 2.62 bits per heavy atom. The van der Waals surface area contributed by atoms with Crippen LogP contribution in [0.25, 0.3) is 0 Å². The molecule has 1 amide bonds. The van der Waals surface area contributed by atoms with Crippen LogP contribution in [0, 0.1) is 0 Å². The number of carbonyl (C=O) groups is 2. The Hall–Kier alpha value is -2.82. The minimum Gasteiger partial charge on any atom is -0.490 e.